The first-order valence-corrected chi connectivity index (χ1v) is 9.72. The van der Waals surface area contributed by atoms with Gasteiger partial charge in [-0.3, -0.25) is 4.79 Å². The minimum absolute atomic E-state index is 0.0317. The summed E-state index contributed by atoms with van der Waals surface area (Å²) >= 11 is 7.27. The highest BCUT2D eigenvalue weighted by Crippen LogP contribution is 2.22. The lowest BCUT2D eigenvalue weighted by molar-refractivity contribution is -0.130. The van der Waals surface area contributed by atoms with Crippen molar-refractivity contribution in [2.75, 3.05) is 31.9 Å². The molecule has 21 heavy (non-hydrogen) atoms. The van der Waals surface area contributed by atoms with Crippen molar-refractivity contribution in [2.45, 2.75) is 19.8 Å². The van der Waals surface area contributed by atoms with Gasteiger partial charge in [0.05, 0.1) is 16.5 Å². The highest BCUT2D eigenvalue weighted by atomic mass is 35.5. The van der Waals surface area contributed by atoms with Gasteiger partial charge in [0, 0.05) is 31.1 Å². The summed E-state index contributed by atoms with van der Waals surface area (Å²) in [4.78, 5) is 15.0. The first-order valence-electron chi connectivity index (χ1n) is 6.92. The maximum atomic E-state index is 12.3. The van der Waals surface area contributed by atoms with Crippen LogP contribution in [0.3, 0.4) is 0 Å². The number of amides is 1. The number of thiophene rings is 1. The summed E-state index contributed by atoms with van der Waals surface area (Å²) in [6, 6.07) is 3.64. The van der Waals surface area contributed by atoms with Gasteiger partial charge in [0.1, 0.15) is 0 Å². The molecule has 5 nitrogen and oxygen atoms in total. The van der Waals surface area contributed by atoms with Gasteiger partial charge in [-0.1, -0.05) is 11.6 Å². The molecule has 0 radical (unpaired) electrons. The summed E-state index contributed by atoms with van der Waals surface area (Å²) in [5.41, 5.74) is 0. The van der Waals surface area contributed by atoms with Crippen molar-refractivity contribution in [1.82, 2.24) is 9.21 Å². The van der Waals surface area contributed by atoms with Crippen LogP contribution in [0, 0.1) is 0 Å². The van der Waals surface area contributed by atoms with E-state index in [4.69, 9.17) is 11.6 Å². The van der Waals surface area contributed by atoms with Crippen LogP contribution in [0.5, 0.6) is 0 Å². The maximum Gasteiger partial charge on any atom is 0.227 e. The predicted molar refractivity (Wildman–Crippen MR) is 85.3 cm³/mol. The van der Waals surface area contributed by atoms with E-state index in [1.165, 1.54) is 15.6 Å². The molecule has 1 aromatic heterocycles. The number of carbonyl (C=O) groups is 1. The fourth-order valence-corrected chi connectivity index (χ4v) is 4.52. The summed E-state index contributed by atoms with van der Waals surface area (Å²) in [6.45, 7) is 3.58. The van der Waals surface area contributed by atoms with Gasteiger partial charge >= 0.3 is 0 Å². The number of hydrogen-bond acceptors (Lipinski definition) is 4. The molecular formula is C13H19ClN2O3S2. The summed E-state index contributed by atoms with van der Waals surface area (Å²) in [5, 5.41) is 0. The molecule has 2 rings (SSSR count). The van der Waals surface area contributed by atoms with Crippen LogP contribution in [0.2, 0.25) is 4.34 Å². The van der Waals surface area contributed by atoms with Crippen LogP contribution in [0.1, 0.15) is 18.2 Å². The van der Waals surface area contributed by atoms with Gasteiger partial charge in [0.15, 0.2) is 0 Å². The Hall–Kier alpha value is -0.630. The number of nitrogens with zero attached hydrogens (tertiary/aromatic N) is 2. The maximum absolute atomic E-state index is 12.3. The van der Waals surface area contributed by atoms with E-state index >= 15 is 0 Å². The SMILES string of the molecule is CCS(=O)(=O)N1CCCN(C(=O)Cc2ccc(Cl)s2)CC1. The standard InChI is InChI=1S/C13H19ClN2O3S2/c1-2-21(18,19)16-7-3-6-15(8-9-16)13(17)10-11-4-5-12(14)20-11/h4-5H,2-3,6-10H2,1H3. The molecule has 0 spiro atoms. The second-order valence-corrected chi connectivity index (χ2v) is 8.97. The van der Waals surface area contributed by atoms with Gasteiger partial charge < -0.3 is 4.90 Å². The van der Waals surface area contributed by atoms with Crippen molar-refractivity contribution in [3.8, 4) is 0 Å². The van der Waals surface area contributed by atoms with E-state index in [2.05, 4.69) is 0 Å². The van der Waals surface area contributed by atoms with Gasteiger partial charge in [-0.05, 0) is 25.5 Å². The van der Waals surface area contributed by atoms with Crippen molar-refractivity contribution in [1.29, 1.82) is 0 Å². The quantitative estimate of drug-likeness (QED) is 0.832. The van der Waals surface area contributed by atoms with Crippen LogP contribution in [0.15, 0.2) is 12.1 Å². The lowest BCUT2D eigenvalue weighted by Crippen LogP contribution is -2.38. The van der Waals surface area contributed by atoms with Gasteiger partial charge in [-0.25, -0.2) is 12.7 Å². The minimum atomic E-state index is -3.17. The van der Waals surface area contributed by atoms with Crippen molar-refractivity contribution in [3.05, 3.63) is 21.3 Å². The topological polar surface area (TPSA) is 57.7 Å². The largest absolute Gasteiger partial charge is 0.341 e. The lowest BCUT2D eigenvalue weighted by atomic mass is 10.3. The third kappa shape index (κ3) is 4.42. The van der Waals surface area contributed by atoms with Crippen molar-refractivity contribution in [2.24, 2.45) is 0 Å². The monoisotopic (exact) mass is 350 g/mol. The average molecular weight is 351 g/mol. The van der Waals surface area contributed by atoms with E-state index in [0.717, 1.165) is 4.88 Å². The molecule has 0 aromatic carbocycles. The van der Waals surface area contributed by atoms with Crippen molar-refractivity contribution < 1.29 is 13.2 Å². The first-order chi connectivity index (χ1) is 9.92. The number of sulfonamides is 1. The molecule has 1 amide bonds. The predicted octanol–water partition coefficient (Wildman–Crippen LogP) is 1.83. The summed E-state index contributed by atoms with van der Waals surface area (Å²) in [7, 11) is -3.17. The van der Waals surface area contributed by atoms with Gasteiger partial charge in [0.2, 0.25) is 15.9 Å². The fourth-order valence-electron chi connectivity index (χ4n) is 2.31. The molecule has 1 aromatic rings. The van der Waals surface area contributed by atoms with Crippen molar-refractivity contribution in [3.63, 3.8) is 0 Å². The summed E-state index contributed by atoms with van der Waals surface area (Å²) in [5.74, 6) is 0.138. The van der Waals surface area contributed by atoms with E-state index in [1.54, 1.807) is 17.9 Å². The second kappa shape index (κ2) is 7.09. The van der Waals surface area contributed by atoms with E-state index in [-0.39, 0.29) is 11.7 Å². The van der Waals surface area contributed by atoms with E-state index < -0.39 is 10.0 Å². The number of hydrogen-bond donors (Lipinski definition) is 0. The molecular weight excluding hydrogens is 332 g/mol. The molecule has 1 fully saturated rings. The third-order valence-electron chi connectivity index (χ3n) is 3.52. The Kier molecular flexibility index (Phi) is 5.65. The zero-order chi connectivity index (χ0) is 15.5. The van der Waals surface area contributed by atoms with E-state index in [1.807, 2.05) is 6.07 Å². The first kappa shape index (κ1) is 16.7. The molecule has 0 atom stereocenters. The minimum Gasteiger partial charge on any atom is -0.341 e. The molecule has 2 heterocycles. The zero-order valence-electron chi connectivity index (χ0n) is 11.9. The Morgan fingerprint density at radius 1 is 1.29 bits per heavy atom. The summed E-state index contributed by atoms with van der Waals surface area (Å²) < 4.78 is 25.9. The molecule has 0 aliphatic carbocycles. The fraction of sp³-hybridized carbons (Fsp3) is 0.615. The normalized spacial score (nSPS) is 17.7. The molecule has 0 unspecified atom stereocenters. The second-order valence-electron chi connectivity index (χ2n) is 4.92. The number of carbonyl (C=O) groups excluding carboxylic acids is 1. The smallest absolute Gasteiger partial charge is 0.227 e. The van der Waals surface area contributed by atoms with Crippen molar-refractivity contribution >= 4 is 38.9 Å². The summed E-state index contributed by atoms with van der Waals surface area (Å²) in [6.07, 6.45) is 1.01. The zero-order valence-corrected chi connectivity index (χ0v) is 14.3. The molecule has 0 N–H and O–H groups in total. The van der Waals surface area contributed by atoms with Gasteiger partial charge in [-0.2, -0.15) is 0 Å². The van der Waals surface area contributed by atoms with Crippen LogP contribution in [-0.2, 0) is 21.2 Å². The van der Waals surface area contributed by atoms with Crippen LogP contribution in [-0.4, -0.2) is 55.5 Å². The Bertz CT molecular complexity index is 600. The lowest BCUT2D eigenvalue weighted by Gasteiger charge is -2.21. The molecule has 8 heteroatoms. The highest BCUT2D eigenvalue weighted by molar-refractivity contribution is 7.89. The number of rotatable bonds is 4. The van der Waals surface area contributed by atoms with Gasteiger partial charge in [0.25, 0.3) is 0 Å². The van der Waals surface area contributed by atoms with Crippen LogP contribution in [0.4, 0.5) is 0 Å². The Morgan fingerprint density at radius 2 is 2.05 bits per heavy atom. The molecule has 1 saturated heterocycles. The number of halogens is 1. The van der Waals surface area contributed by atoms with Crippen LogP contribution >= 0.6 is 22.9 Å². The molecule has 1 aliphatic rings. The molecule has 1 aliphatic heterocycles. The van der Waals surface area contributed by atoms with Gasteiger partial charge in [-0.15, -0.1) is 11.3 Å². The molecule has 118 valence electrons. The average Bonchev–Trinajstić information content (AvgIpc) is 2.71. The van der Waals surface area contributed by atoms with E-state index in [0.29, 0.717) is 43.4 Å². The molecule has 0 bridgehead atoms. The third-order valence-corrected chi connectivity index (χ3v) is 6.63. The van der Waals surface area contributed by atoms with Crippen LogP contribution in [0.25, 0.3) is 0 Å². The Morgan fingerprint density at radius 3 is 2.67 bits per heavy atom. The van der Waals surface area contributed by atoms with Crippen LogP contribution < -0.4 is 0 Å². The molecule has 0 saturated carbocycles. The Labute approximate surface area is 134 Å². The van der Waals surface area contributed by atoms with E-state index in [9.17, 15) is 13.2 Å². The Balaban J connectivity index is 1.95. The highest BCUT2D eigenvalue weighted by Gasteiger charge is 2.25.